The smallest absolute Gasteiger partial charge is 0.359 e. The molecule has 0 atom stereocenters. The molecule has 1 aliphatic carbocycles. The van der Waals surface area contributed by atoms with Gasteiger partial charge < -0.3 is 9.64 Å². The second kappa shape index (κ2) is 9.31. The summed E-state index contributed by atoms with van der Waals surface area (Å²) in [5, 5.41) is 13.6. The van der Waals surface area contributed by atoms with E-state index in [1.165, 1.54) is 21.7 Å². The zero-order valence-electron chi connectivity index (χ0n) is 15.9. The minimum atomic E-state index is -0.826. The Kier molecular flexibility index (Phi) is 7.11. The van der Waals surface area contributed by atoms with Crippen molar-refractivity contribution in [3.05, 3.63) is 28.2 Å². The number of unbranched alkanes of at least 4 members (excludes halogenated alkanes) is 1. The number of ether oxygens (including phenoxy) is 1. The average molecular weight is 374 g/mol. The highest BCUT2D eigenvalue weighted by molar-refractivity contribution is 5.89. The van der Waals surface area contributed by atoms with Gasteiger partial charge >= 0.3 is 5.97 Å². The van der Waals surface area contributed by atoms with Gasteiger partial charge in [0.1, 0.15) is 5.54 Å². The van der Waals surface area contributed by atoms with Crippen molar-refractivity contribution in [2.24, 2.45) is 0 Å². The number of nitriles is 1. The van der Waals surface area contributed by atoms with Gasteiger partial charge in [-0.05, 0) is 25.3 Å². The number of amides is 1. The molecule has 1 saturated carbocycles. The molecule has 27 heavy (non-hydrogen) atoms. The summed E-state index contributed by atoms with van der Waals surface area (Å²) in [6.45, 7) is 1.95. The molecule has 1 aromatic rings. The van der Waals surface area contributed by atoms with Gasteiger partial charge in [-0.15, -0.1) is 0 Å². The molecule has 0 aliphatic heterocycles. The van der Waals surface area contributed by atoms with E-state index in [0.29, 0.717) is 19.4 Å². The number of esters is 1. The fraction of sp³-hybridized carbons (Fsp3) is 0.632. The number of likely N-dealkylation sites (N-methyl/N-ethyl adjacent to an activating group) is 1. The fourth-order valence-corrected chi connectivity index (χ4v) is 3.22. The van der Waals surface area contributed by atoms with Crippen LogP contribution in [0.3, 0.4) is 0 Å². The Labute approximate surface area is 158 Å². The molecule has 0 aromatic carbocycles. The molecule has 8 nitrogen and oxygen atoms in total. The molecule has 146 valence electrons. The van der Waals surface area contributed by atoms with Crippen LogP contribution in [0.2, 0.25) is 0 Å². The Hall–Kier alpha value is -2.69. The van der Waals surface area contributed by atoms with Crippen molar-refractivity contribution in [1.29, 1.82) is 5.26 Å². The van der Waals surface area contributed by atoms with Crippen LogP contribution in [0.15, 0.2) is 16.9 Å². The standard InChI is InChI=1S/C19H26N4O4/c1-3-4-12-23-16(24)9-8-15(21-23)18(26)27-13-17(25)22(2)19(14-20)10-6-5-7-11-19/h8-9H,3-7,10-13H2,1-2H3. The molecule has 0 N–H and O–H groups in total. The molecule has 0 unspecified atom stereocenters. The van der Waals surface area contributed by atoms with Gasteiger partial charge in [0, 0.05) is 19.7 Å². The first-order valence-corrected chi connectivity index (χ1v) is 9.37. The maximum Gasteiger partial charge on any atom is 0.359 e. The first kappa shape index (κ1) is 20.6. The molecular formula is C19H26N4O4. The van der Waals surface area contributed by atoms with Crippen LogP contribution < -0.4 is 5.56 Å². The van der Waals surface area contributed by atoms with Crippen LogP contribution in [-0.4, -0.2) is 45.8 Å². The summed E-state index contributed by atoms with van der Waals surface area (Å²) in [6.07, 6.45) is 5.77. The number of aromatic nitrogens is 2. The van der Waals surface area contributed by atoms with Gasteiger partial charge in [0.25, 0.3) is 11.5 Å². The van der Waals surface area contributed by atoms with Crippen molar-refractivity contribution in [2.45, 2.75) is 64.0 Å². The quantitative estimate of drug-likeness (QED) is 0.675. The summed E-state index contributed by atoms with van der Waals surface area (Å²) in [5.41, 5.74) is -1.13. The predicted octanol–water partition coefficient (Wildman–Crippen LogP) is 1.89. The largest absolute Gasteiger partial charge is 0.451 e. The number of carbonyl (C=O) groups is 2. The van der Waals surface area contributed by atoms with Crippen molar-refractivity contribution in [2.75, 3.05) is 13.7 Å². The summed E-state index contributed by atoms with van der Waals surface area (Å²) in [5.74, 6) is -1.19. The second-order valence-electron chi connectivity index (χ2n) is 6.87. The lowest BCUT2D eigenvalue weighted by Crippen LogP contribution is -2.51. The van der Waals surface area contributed by atoms with E-state index < -0.39 is 24.0 Å². The molecule has 1 amide bonds. The van der Waals surface area contributed by atoms with E-state index in [4.69, 9.17) is 4.74 Å². The molecule has 1 aromatic heterocycles. The minimum Gasteiger partial charge on any atom is -0.451 e. The maximum absolute atomic E-state index is 12.4. The van der Waals surface area contributed by atoms with Gasteiger partial charge in [0.2, 0.25) is 0 Å². The summed E-state index contributed by atoms with van der Waals surface area (Å²) in [4.78, 5) is 37.8. The Morgan fingerprint density at radius 3 is 2.67 bits per heavy atom. The van der Waals surface area contributed by atoms with Gasteiger partial charge in [-0.2, -0.15) is 10.4 Å². The summed E-state index contributed by atoms with van der Waals surface area (Å²) < 4.78 is 6.30. The number of aryl methyl sites for hydroxylation is 1. The van der Waals surface area contributed by atoms with Crippen LogP contribution in [0.4, 0.5) is 0 Å². The van der Waals surface area contributed by atoms with E-state index in [-0.39, 0.29) is 11.3 Å². The summed E-state index contributed by atoms with van der Waals surface area (Å²) >= 11 is 0. The Balaban J connectivity index is 1.99. The van der Waals surface area contributed by atoms with E-state index in [9.17, 15) is 19.6 Å². The van der Waals surface area contributed by atoms with Crippen molar-refractivity contribution >= 4 is 11.9 Å². The molecule has 2 rings (SSSR count). The van der Waals surface area contributed by atoms with E-state index >= 15 is 0 Å². The third-order valence-corrected chi connectivity index (χ3v) is 5.03. The fourth-order valence-electron chi connectivity index (χ4n) is 3.22. The van der Waals surface area contributed by atoms with Gasteiger partial charge in [-0.25, -0.2) is 9.48 Å². The van der Waals surface area contributed by atoms with E-state index in [1.807, 2.05) is 6.92 Å². The Morgan fingerprint density at radius 1 is 1.33 bits per heavy atom. The van der Waals surface area contributed by atoms with Crippen LogP contribution in [0.1, 0.15) is 62.4 Å². The molecule has 1 fully saturated rings. The number of hydrogen-bond acceptors (Lipinski definition) is 6. The lowest BCUT2D eigenvalue weighted by Gasteiger charge is -2.38. The molecule has 8 heteroatoms. The Bertz CT molecular complexity index is 775. The minimum absolute atomic E-state index is 0.0196. The van der Waals surface area contributed by atoms with Gasteiger partial charge in [0.15, 0.2) is 12.3 Å². The lowest BCUT2D eigenvalue weighted by atomic mass is 9.81. The van der Waals surface area contributed by atoms with Crippen molar-refractivity contribution < 1.29 is 14.3 Å². The van der Waals surface area contributed by atoms with Crippen LogP contribution in [-0.2, 0) is 16.1 Å². The van der Waals surface area contributed by atoms with E-state index in [1.54, 1.807) is 7.05 Å². The summed E-state index contributed by atoms with van der Waals surface area (Å²) in [7, 11) is 1.58. The number of nitrogens with zero attached hydrogens (tertiary/aromatic N) is 4. The first-order chi connectivity index (χ1) is 12.9. The number of carbonyl (C=O) groups excluding carboxylic acids is 2. The molecule has 1 aliphatic rings. The topological polar surface area (TPSA) is 105 Å². The monoisotopic (exact) mass is 374 g/mol. The van der Waals surface area contributed by atoms with E-state index in [0.717, 1.165) is 32.1 Å². The third kappa shape index (κ3) is 4.94. The van der Waals surface area contributed by atoms with Crippen molar-refractivity contribution in [3.8, 4) is 6.07 Å². The normalized spacial score (nSPS) is 15.6. The van der Waals surface area contributed by atoms with Gasteiger partial charge in [0.05, 0.1) is 6.07 Å². The van der Waals surface area contributed by atoms with Crippen LogP contribution in [0, 0.1) is 11.3 Å². The zero-order chi connectivity index (χ0) is 19.9. The Morgan fingerprint density at radius 2 is 2.04 bits per heavy atom. The van der Waals surface area contributed by atoms with Gasteiger partial charge in [-0.1, -0.05) is 32.6 Å². The molecule has 0 radical (unpaired) electrons. The second-order valence-corrected chi connectivity index (χ2v) is 6.87. The predicted molar refractivity (Wildman–Crippen MR) is 97.9 cm³/mol. The molecule has 1 heterocycles. The lowest BCUT2D eigenvalue weighted by molar-refractivity contribution is -0.138. The van der Waals surface area contributed by atoms with Crippen molar-refractivity contribution in [3.63, 3.8) is 0 Å². The van der Waals surface area contributed by atoms with Crippen LogP contribution in [0.25, 0.3) is 0 Å². The van der Waals surface area contributed by atoms with Crippen LogP contribution in [0.5, 0.6) is 0 Å². The number of hydrogen-bond donors (Lipinski definition) is 0. The van der Waals surface area contributed by atoms with Crippen molar-refractivity contribution in [1.82, 2.24) is 14.7 Å². The highest BCUT2D eigenvalue weighted by atomic mass is 16.5. The number of rotatable bonds is 7. The third-order valence-electron chi connectivity index (χ3n) is 5.03. The maximum atomic E-state index is 12.4. The molecule has 0 bridgehead atoms. The van der Waals surface area contributed by atoms with E-state index in [2.05, 4.69) is 11.2 Å². The first-order valence-electron chi connectivity index (χ1n) is 9.37. The van der Waals surface area contributed by atoms with Crippen LogP contribution >= 0.6 is 0 Å². The highest BCUT2D eigenvalue weighted by Gasteiger charge is 2.39. The highest BCUT2D eigenvalue weighted by Crippen LogP contribution is 2.32. The average Bonchev–Trinajstić information content (AvgIpc) is 2.71. The summed E-state index contributed by atoms with van der Waals surface area (Å²) in [6, 6.07) is 4.82. The molecule has 0 saturated heterocycles. The van der Waals surface area contributed by atoms with Gasteiger partial charge in [-0.3, -0.25) is 9.59 Å². The molecule has 0 spiro atoms. The SMILES string of the molecule is CCCCn1nc(C(=O)OCC(=O)N(C)C2(C#N)CCCCC2)ccc1=O. The molecular weight excluding hydrogens is 348 g/mol. The zero-order valence-corrected chi connectivity index (χ0v) is 15.9.